The van der Waals surface area contributed by atoms with Crippen molar-refractivity contribution in [3.8, 4) is 0 Å². The Balaban J connectivity index is 2.02. The van der Waals surface area contributed by atoms with Crippen LogP contribution in [0.3, 0.4) is 0 Å². The Bertz CT molecular complexity index is 469. The van der Waals surface area contributed by atoms with Crippen LogP contribution in [0.2, 0.25) is 0 Å². The van der Waals surface area contributed by atoms with Gasteiger partial charge in [-0.1, -0.05) is 26.0 Å². The summed E-state index contributed by atoms with van der Waals surface area (Å²) in [5.74, 6) is 1.33. The minimum absolute atomic E-state index is 0.0777. The minimum atomic E-state index is -0.0817. The molecule has 1 N–H and O–H groups in total. The number of halogens is 1. The molecule has 0 amide bonds. The van der Waals surface area contributed by atoms with E-state index >= 15 is 0 Å². The van der Waals surface area contributed by atoms with Crippen molar-refractivity contribution >= 4 is 0 Å². The van der Waals surface area contributed by atoms with Crippen LogP contribution in [0.4, 0.5) is 4.39 Å². The van der Waals surface area contributed by atoms with Crippen molar-refractivity contribution in [1.29, 1.82) is 0 Å². The molecule has 2 nitrogen and oxygen atoms in total. The second kappa shape index (κ2) is 6.45. The molecule has 1 aliphatic heterocycles. The molecule has 0 spiro atoms. The van der Waals surface area contributed by atoms with Gasteiger partial charge >= 0.3 is 0 Å². The van der Waals surface area contributed by atoms with Crippen LogP contribution >= 0.6 is 0 Å². The molecule has 1 aliphatic rings. The van der Waals surface area contributed by atoms with Crippen LogP contribution in [-0.2, 0) is 13.1 Å². The summed E-state index contributed by atoms with van der Waals surface area (Å²) in [4.78, 5) is 2.37. The summed E-state index contributed by atoms with van der Waals surface area (Å²) in [5.41, 5.74) is 2.06. The Kier molecular flexibility index (Phi) is 5.05. The number of nitrogens with zero attached hydrogens (tertiary/aromatic N) is 1. The van der Waals surface area contributed by atoms with E-state index < -0.39 is 0 Å². The zero-order valence-corrected chi connectivity index (χ0v) is 14.0. The Morgan fingerprint density at radius 1 is 1.19 bits per heavy atom. The Hall–Kier alpha value is -0.930. The lowest BCUT2D eigenvalue weighted by Gasteiger charge is -2.21. The predicted molar refractivity (Wildman–Crippen MR) is 86.6 cm³/mol. The maximum Gasteiger partial charge on any atom is 0.127 e. The molecule has 2 atom stereocenters. The highest BCUT2D eigenvalue weighted by atomic mass is 19.1. The second-order valence-electron chi connectivity index (χ2n) is 7.68. The zero-order chi connectivity index (χ0) is 15.6. The van der Waals surface area contributed by atoms with Crippen molar-refractivity contribution in [3.05, 3.63) is 35.1 Å². The molecule has 0 radical (unpaired) electrons. The van der Waals surface area contributed by atoms with Gasteiger partial charge in [0.15, 0.2) is 0 Å². The maximum atomic E-state index is 14.0. The second-order valence-corrected chi connectivity index (χ2v) is 7.68. The monoisotopic (exact) mass is 292 g/mol. The van der Waals surface area contributed by atoms with Crippen molar-refractivity contribution in [1.82, 2.24) is 10.2 Å². The third kappa shape index (κ3) is 4.79. The van der Waals surface area contributed by atoms with E-state index in [2.05, 4.69) is 44.8 Å². The van der Waals surface area contributed by atoms with E-state index in [-0.39, 0.29) is 11.4 Å². The van der Waals surface area contributed by atoms with Crippen molar-refractivity contribution in [2.75, 3.05) is 13.1 Å². The molecule has 1 fully saturated rings. The molecule has 3 heteroatoms. The Labute approximate surface area is 128 Å². The number of likely N-dealkylation sites (tertiary alicyclic amines) is 1. The van der Waals surface area contributed by atoms with Crippen LogP contribution in [0.5, 0.6) is 0 Å². The van der Waals surface area contributed by atoms with E-state index in [4.69, 9.17) is 0 Å². The smallest absolute Gasteiger partial charge is 0.127 e. The van der Waals surface area contributed by atoms with E-state index in [1.165, 1.54) is 0 Å². The first kappa shape index (κ1) is 16.4. The molecule has 118 valence electrons. The molecular formula is C18H29FN2. The Morgan fingerprint density at radius 2 is 1.81 bits per heavy atom. The van der Waals surface area contributed by atoms with Gasteiger partial charge in [-0.2, -0.15) is 0 Å². The predicted octanol–water partition coefficient (Wildman–Crippen LogP) is 3.80. The van der Waals surface area contributed by atoms with E-state index in [1.807, 2.05) is 12.1 Å². The summed E-state index contributed by atoms with van der Waals surface area (Å²) in [7, 11) is 0. The number of benzene rings is 1. The van der Waals surface area contributed by atoms with E-state index in [0.29, 0.717) is 11.8 Å². The fourth-order valence-electron chi connectivity index (χ4n) is 2.85. The van der Waals surface area contributed by atoms with Crippen LogP contribution in [0.15, 0.2) is 18.2 Å². The number of nitrogens with one attached hydrogen (secondary N) is 1. The van der Waals surface area contributed by atoms with Crippen molar-refractivity contribution in [2.45, 2.75) is 53.2 Å². The molecule has 2 unspecified atom stereocenters. The SMILES string of the molecule is CC1CN(Cc2cc(CNC(C)(C)C)ccc2F)CC1C. The highest BCUT2D eigenvalue weighted by Gasteiger charge is 2.26. The van der Waals surface area contributed by atoms with Gasteiger partial charge in [0.25, 0.3) is 0 Å². The number of rotatable bonds is 4. The first-order valence-corrected chi connectivity index (χ1v) is 7.99. The molecule has 1 heterocycles. The molecule has 0 aromatic heterocycles. The normalized spacial score (nSPS) is 23.7. The molecule has 1 aromatic carbocycles. The van der Waals surface area contributed by atoms with E-state index in [0.717, 1.165) is 37.3 Å². The van der Waals surface area contributed by atoms with Gasteiger partial charge in [-0.05, 0) is 44.2 Å². The average molecular weight is 292 g/mol. The number of hydrogen-bond donors (Lipinski definition) is 1. The summed E-state index contributed by atoms with van der Waals surface area (Å²) >= 11 is 0. The molecule has 1 saturated heterocycles. The fraction of sp³-hybridized carbons (Fsp3) is 0.667. The lowest BCUT2D eigenvalue weighted by Crippen LogP contribution is -2.35. The summed E-state index contributed by atoms with van der Waals surface area (Å²) in [5, 5.41) is 3.46. The standard InChI is InChI=1S/C18H29FN2/c1-13-10-21(11-14(13)2)12-16-8-15(6-7-17(16)19)9-20-18(3,4)5/h6-8,13-14,20H,9-12H2,1-5H3. The first-order chi connectivity index (χ1) is 9.74. The van der Waals surface area contributed by atoms with Gasteiger partial charge in [-0.15, -0.1) is 0 Å². The third-order valence-corrected chi connectivity index (χ3v) is 4.39. The van der Waals surface area contributed by atoms with Gasteiger partial charge in [-0.3, -0.25) is 4.90 Å². The van der Waals surface area contributed by atoms with Crippen molar-refractivity contribution < 1.29 is 4.39 Å². The molecular weight excluding hydrogens is 263 g/mol. The summed E-state index contributed by atoms with van der Waals surface area (Å²) < 4.78 is 14.0. The number of hydrogen-bond acceptors (Lipinski definition) is 2. The van der Waals surface area contributed by atoms with Gasteiger partial charge in [0.1, 0.15) is 5.82 Å². The molecule has 2 rings (SSSR count). The van der Waals surface area contributed by atoms with Gasteiger partial charge in [-0.25, -0.2) is 4.39 Å². The molecule has 0 aliphatic carbocycles. The van der Waals surface area contributed by atoms with Crippen LogP contribution in [0, 0.1) is 17.7 Å². The maximum absolute atomic E-state index is 14.0. The van der Waals surface area contributed by atoms with Crippen LogP contribution < -0.4 is 5.32 Å². The summed E-state index contributed by atoms with van der Waals surface area (Å²) in [6.07, 6.45) is 0. The topological polar surface area (TPSA) is 15.3 Å². The third-order valence-electron chi connectivity index (χ3n) is 4.39. The lowest BCUT2D eigenvalue weighted by molar-refractivity contribution is 0.310. The summed E-state index contributed by atoms with van der Waals surface area (Å²) in [6, 6.07) is 5.51. The largest absolute Gasteiger partial charge is 0.308 e. The Morgan fingerprint density at radius 3 is 2.38 bits per heavy atom. The quantitative estimate of drug-likeness (QED) is 0.908. The lowest BCUT2D eigenvalue weighted by atomic mass is 10.0. The summed E-state index contributed by atoms with van der Waals surface area (Å²) in [6.45, 7) is 14.7. The zero-order valence-electron chi connectivity index (χ0n) is 14.0. The van der Waals surface area contributed by atoms with Gasteiger partial charge in [0.2, 0.25) is 0 Å². The fourth-order valence-corrected chi connectivity index (χ4v) is 2.85. The van der Waals surface area contributed by atoms with E-state index in [9.17, 15) is 4.39 Å². The average Bonchev–Trinajstić information content (AvgIpc) is 2.68. The van der Waals surface area contributed by atoms with Gasteiger partial charge < -0.3 is 5.32 Å². The highest BCUT2D eigenvalue weighted by molar-refractivity contribution is 5.25. The molecule has 21 heavy (non-hydrogen) atoms. The van der Waals surface area contributed by atoms with Crippen molar-refractivity contribution in [2.24, 2.45) is 11.8 Å². The molecule has 1 aromatic rings. The van der Waals surface area contributed by atoms with Gasteiger partial charge in [0.05, 0.1) is 0 Å². The van der Waals surface area contributed by atoms with E-state index in [1.54, 1.807) is 6.07 Å². The van der Waals surface area contributed by atoms with Crippen LogP contribution in [-0.4, -0.2) is 23.5 Å². The van der Waals surface area contributed by atoms with Gasteiger partial charge in [0, 0.05) is 37.3 Å². The first-order valence-electron chi connectivity index (χ1n) is 7.99. The van der Waals surface area contributed by atoms with Crippen molar-refractivity contribution in [3.63, 3.8) is 0 Å². The molecule has 0 bridgehead atoms. The van der Waals surface area contributed by atoms with Crippen LogP contribution in [0.25, 0.3) is 0 Å². The highest BCUT2D eigenvalue weighted by Crippen LogP contribution is 2.24. The molecule has 0 saturated carbocycles. The van der Waals surface area contributed by atoms with Crippen LogP contribution in [0.1, 0.15) is 45.7 Å². The minimum Gasteiger partial charge on any atom is -0.308 e.